The van der Waals surface area contributed by atoms with Gasteiger partial charge in [-0.2, -0.15) is 0 Å². The minimum atomic E-state index is 0.500. The second-order valence-electron chi connectivity index (χ2n) is 3.78. The van der Waals surface area contributed by atoms with E-state index in [1.54, 1.807) is 12.4 Å². The highest BCUT2D eigenvalue weighted by atomic mass is 35.5. The Bertz CT molecular complexity index is 327. The molecule has 0 unspecified atom stereocenters. The van der Waals surface area contributed by atoms with Crippen molar-refractivity contribution in [3.63, 3.8) is 0 Å². The van der Waals surface area contributed by atoms with Crippen LogP contribution in [0.3, 0.4) is 0 Å². The maximum absolute atomic E-state index is 5.96. The van der Waals surface area contributed by atoms with Gasteiger partial charge < -0.3 is 5.73 Å². The van der Waals surface area contributed by atoms with E-state index in [2.05, 4.69) is 14.9 Å². The number of halogens is 1. The second kappa shape index (κ2) is 4.88. The van der Waals surface area contributed by atoms with Gasteiger partial charge in [0.1, 0.15) is 0 Å². The SMILES string of the molecule is NCCN(Cc1nccnc1Cl)C1CC1. The molecule has 1 aliphatic carbocycles. The van der Waals surface area contributed by atoms with Crippen molar-refractivity contribution in [2.24, 2.45) is 5.73 Å². The van der Waals surface area contributed by atoms with Crippen molar-refractivity contribution in [2.75, 3.05) is 13.1 Å². The molecule has 0 aromatic carbocycles. The van der Waals surface area contributed by atoms with Crippen molar-refractivity contribution in [1.29, 1.82) is 0 Å². The van der Waals surface area contributed by atoms with Crippen LogP contribution in [0.25, 0.3) is 0 Å². The second-order valence-corrected chi connectivity index (χ2v) is 4.14. The van der Waals surface area contributed by atoms with Crippen LogP contribution in [0.5, 0.6) is 0 Å². The van der Waals surface area contributed by atoms with Gasteiger partial charge in [0.2, 0.25) is 0 Å². The van der Waals surface area contributed by atoms with Gasteiger partial charge in [0.15, 0.2) is 5.15 Å². The first kappa shape index (κ1) is 10.8. The number of hydrogen-bond acceptors (Lipinski definition) is 4. The quantitative estimate of drug-likeness (QED) is 0.816. The lowest BCUT2D eigenvalue weighted by atomic mass is 10.3. The van der Waals surface area contributed by atoms with Gasteiger partial charge in [0.25, 0.3) is 0 Å². The summed E-state index contributed by atoms with van der Waals surface area (Å²) in [6, 6.07) is 0.673. The van der Waals surface area contributed by atoms with E-state index in [1.165, 1.54) is 12.8 Å². The average Bonchev–Trinajstić information content (AvgIpc) is 3.04. The fourth-order valence-electron chi connectivity index (χ4n) is 1.64. The fraction of sp³-hybridized carbons (Fsp3) is 0.600. The zero-order valence-corrected chi connectivity index (χ0v) is 9.32. The van der Waals surface area contributed by atoms with Crippen molar-refractivity contribution in [3.8, 4) is 0 Å². The van der Waals surface area contributed by atoms with Gasteiger partial charge in [-0.1, -0.05) is 11.6 Å². The van der Waals surface area contributed by atoms with Crippen LogP contribution >= 0.6 is 11.6 Å². The summed E-state index contributed by atoms with van der Waals surface area (Å²) in [5, 5.41) is 0.500. The molecule has 0 radical (unpaired) electrons. The number of nitrogens with zero attached hydrogens (tertiary/aromatic N) is 3. The largest absolute Gasteiger partial charge is 0.329 e. The van der Waals surface area contributed by atoms with Crippen molar-refractivity contribution < 1.29 is 0 Å². The molecule has 0 amide bonds. The van der Waals surface area contributed by atoms with Gasteiger partial charge in [-0.3, -0.25) is 9.88 Å². The number of rotatable bonds is 5. The summed E-state index contributed by atoms with van der Waals surface area (Å²) < 4.78 is 0. The molecule has 1 aromatic heterocycles. The summed E-state index contributed by atoms with van der Waals surface area (Å²) in [5.41, 5.74) is 6.42. The van der Waals surface area contributed by atoms with Crippen LogP contribution in [0, 0.1) is 0 Å². The zero-order chi connectivity index (χ0) is 10.7. The maximum atomic E-state index is 5.96. The minimum Gasteiger partial charge on any atom is -0.329 e. The van der Waals surface area contributed by atoms with Gasteiger partial charge >= 0.3 is 0 Å². The van der Waals surface area contributed by atoms with Crippen LogP contribution in [0.2, 0.25) is 5.15 Å². The van der Waals surface area contributed by atoms with E-state index in [4.69, 9.17) is 17.3 Å². The predicted molar refractivity (Wildman–Crippen MR) is 59.5 cm³/mol. The molecule has 0 aliphatic heterocycles. The van der Waals surface area contributed by atoms with E-state index in [-0.39, 0.29) is 0 Å². The summed E-state index contributed by atoms with van der Waals surface area (Å²) >= 11 is 5.96. The van der Waals surface area contributed by atoms with Crippen LogP contribution in [-0.4, -0.2) is 34.0 Å². The first-order valence-electron chi connectivity index (χ1n) is 5.20. The van der Waals surface area contributed by atoms with E-state index in [1.807, 2.05) is 0 Å². The number of aromatic nitrogens is 2. The van der Waals surface area contributed by atoms with Crippen molar-refractivity contribution in [3.05, 3.63) is 23.2 Å². The van der Waals surface area contributed by atoms with Gasteiger partial charge in [-0.15, -0.1) is 0 Å². The first-order chi connectivity index (χ1) is 7.31. The molecule has 1 saturated carbocycles. The summed E-state index contributed by atoms with van der Waals surface area (Å²) in [6.07, 6.45) is 5.81. The molecule has 0 saturated heterocycles. The molecule has 0 atom stereocenters. The summed E-state index contributed by atoms with van der Waals surface area (Å²) in [4.78, 5) is 10.6. The van der Waals surface area contributed by atoms with Crippen LogP contribution in [0.1, 0.15) is 18.5 Å². The Balaban J connectivity index is 2.02. The number of nitrogens with two attached hydrogens (primary N) is 1. The van der Waals surface area contributed by atoms with Crippen molar-refractivity contribution in [1.82, 2.24) is 14.9 Å². The van der Waals surface area contributed by atoms with Gasteiger partial charge in [-0.05, 0) is 12.8 Å². The standard InChI is InChI=1S/C10H15ClN4/c11-10-9(13-4-5-14-10)7-15(6-3-12)8-1-2-8/h4-5,8H,1-3,6-7,12H2. The fourth-order valence-corrected chi connectivity index (χ4v) is 1.81. The molecule has 0 bridgehead atoms. The molecular formula is C10H15ClN4. The molecule has 1 aromatic rings. The summed E-state index contributed by atoms with van der Waals surface area (Å²) in [6.45, 7) is 2.33. The van der Waals surface area contributed by atoms with Gasteiger partial charge in [-0.25, -0.2) is 4.98 Å². The lowest BCUT2D eigenvalue weighted by Gasteiger charge is -2.20. The summed E-state index contributed by atoms with van der Waals surface area (Å²) in [5.74, 6) is 0. The highest BCUT2D eigenvalue weighted by Crippen LogP contribution is 2.28. The summed E-state index contributed by atoms with van der Waals surface area (Å²) in [7, 11) is 0. The van der Waals surface area contributed by atoms with Gasteiger partial charge in [0.05, 0.1) is 5.69 Å². The van der Waals surface area contributed by atoms with E-state index < -0.39 is 0 Å². The predicted octanol–water partition coefficient (Wildman–Crippen LogP) is 1.05. The zero-order valence-electron chi connectivity index (χ0n) is 8.56. The van der Waals surface area contributed by atoms with Crippen molar-refractivity contribution in [2.45, 2.75) is 25.4 Å². The van der Waals surface area contributed by atoms with E-state index in [9.17, 15) is 0 Å². The maximum Gasteiger partial charge on any atom is 0.151 e. The van der Waals surface area contributed by atoms with E-state index in [0.717, 1.165) is 18.8 Å². The molecule has 1 heterocycles. The molecule has 15 heavy (non-hydrogen) atoms. The normalized spacial score (nSPS) is 15.9. The molecule has 2 N–H and O–H groups in total. The Labute approximate surface area is 94.5 Å². The van der Waals surface area contributed by atoms with Crippen LogP contribution < -0.4 is 5.73 Å². The Morgan fingerprint density at radius 1 is 1.40 bits per heavy atom. The van der Waals surface area contributed by atoms with Crippen molar-refractivity contribution >= 4 is 11.6 Å². The highest BCUT2D eigenvalue weighted by molar-refractivity contribution is 6.29. The third-order valence-corrected chi connectivity index (χ3v) is 2.87. The third kappa shape index (κ3) is 2.87. The Kier molecular flexibility index (Phi) is 3.51. The van der Waals surface area contributed by atoms with E-state index >= 15 is 0 Å². The molecule has 0 spiro atoms. The topological polar surface area (TPSA) is 55.0 Å². The van der Waals surface area contributed by atoms with Gasteiger partial charge in [0, 0.05) is 38.1 Å². The molecule has 1 aliphatic rings. The third-order valence-electron chi connectivity index (χ3n) is 2.56. The number of hydrogen-bond donors (Lipinski definition) is 1. The Morgan fingerprint density at radius 3 is 2.73 bits per heavy atom. The van der Waals surface area contributed by atoms with Crippen LogP contribution in [-0.2, 0) is 6.54 Å². The lowest BCUT2D eigenvalue weighted by Crippen LogP contribution is -2.31. The highest BCUT2D eigenvalue weighted by Gasteiger charge is 2.28. The first-order valence-corrected chi connectivity index (χ1v) is 5.58. The lowest BCUT2D eigenvalue weighted by molar-refractivity contribution is 0.259. The molecular weight excluding hydrogens is 212 g/mol. The molecule has 4 nitrogen and oxygen atoms in total. The Hall–Kier alpha value is -0.710. The molecule has 5 heteroatoms. The van der Waals surface area contributed by atoms with Crippen LogP contribution in [0.4, 0.5) is 0 Å². The average molecular weight is 227 g/mol. The molecule has 1 fully saturated rings. The monoisotopic (exact) mass is 226 g/mol. The Morgan fingerprint density at radius 2 is 2.13 bits per heavy atom. The van der Waals surface area contributed by atoms with Crippen LogP contribution in [0.15, 0.2) is 12.4 Å². The molecule has 82 valence electrons. The molecule has 2 rings (SSSR count). The van der Waals surface area contributed by atoms with E-state index in [0.29, 0.717) is 17.7 Å². The smallest absolute Gasteiger partial charge is 0.151 e. The minimum absolute atomic E-state index is 0.500.